The van der Waals surface area contributed by atoms with E-state index in [0.717, 1.165) is 10.3 Å². The first-order valence-corrected chi connectivity index (χ1v) is 8.04. The zero-order valence-electron chi connectivity index (χ0n) is 10.2. The van der Waals surface area contributed by atoms with Crippen molar-refractivity contribution in [3.05, 3.63) is 20.8 Å². The Balaban J connectivity index is 1.56. The maximum absolute atomic E-state index is 6.12. The lowest BCUT2D eigenvalue weighted by molar-refractivity contribution is 0.285. The maximum Gasteiger partial charge on any atom is 0.0934 e. The Labute approximate surface area is 113 Å². The molecular formula is C14H20ClNS. The Morgan fingerprint density at radius 3 is 2.94 bits per heavy atom. The molecule has 0 aliphatic heterocycles. The van der Waals surface area contributed by atoms with Crippen LogP contribution in [0.25, 0.3) is 0 Å². The van der Waals surface area contributed by atoms with Crippen LogP contribution in [0, 0.1) is 5.92 Å². The van der Waals surface area contributed by atoms with E-state index in [0.29, 0.717) is 6.04 Å². The lowest BCUT2D eigenvalue weighted by Gasteiger charge is -2.28. The minimum Gasteiger partial charge on any atom is -0.310 e. The molecule has 0 spiro atoms. The van der Waals surface area contributed by atoms with Crippen molar-refractivity contribution < 1.29 is 0 Å². The van der Waals surface area contributed by atoms with E-state index >= 15 is 0 Å². The van der Waals surface area contributed by atoms with Crippen molar-refractivity contribution in [2.45, 2.75) is 51.0 Å². The van der Waals surface area contributed by atoms with E-state index in [-0.39, 0.29) is 0 Å². The molecule has 0 aromatic carbocycles. The van der Waals surface area contributed by atoms with Crippen LogP contribution in [0.2, 0.25) is 4.34 Å². The maximum atomic E-state index is 6.12. The number of nitrogens with one attached hydrogen (secondary N) is 1. The zero-order chi connectivity index (χ0) is 11.7. The number of halogens is 1. The van der Waals surface area contributed by atoms with Gasteiger partial charge in [-0.15, -0.1) is 11.3 Å². The number of fused-ring (bicyclic) bond motifs is 1. The van der Waals surface area contributed by atoms with Crippen LogP contribution in [-0.2, 0) is 6.42 Å². The highest BCUT2D eigenvalue weighted by molar-refractivity contribution is 7.16. The first-order chi connectivity index (χ1) is 8.33. The van der Waals surface area contributed by atoms with Crippen molar-refractivity contribution in [1.82, 2.24) is 5.32 Å². The Kier molecular flexibility index (Phi) is 3.74. The fraction of sp³-hybridized carbons (Fsp3) is 0.714. The summed E-state index contributed by atoms with van der Waals surface area (Å²) >= 11 is 7.90. The van der Waals surface area contributed by atoms with E-state index in [1.165, 1.54) is 61.9 Å². The van der Waals surface area contributed by atoms with Gasteiger partial charge in [0.05, 0.1) is 4.34 Å². The van der Waals surface area contributed by atoms with Crippen molar-refractivity contribution >= 4 is 22.9 Å². The molecule has 1 nitrogen and oxygen atoms in total. The molecule has 0 radical (unpaired) electrons. The highest BCUT2D eigenvalue weighted by Crippen LogP contribution is 2.38. The summed E-state index contributed by atoms with van der Waals surface area (Å²) in [5.74, 6) is 1.01. The minimum absolute atomic E-state index is 0.572. The molecule has 1 aromatic heterocycles. The third-order valence-electron chi connectivity index (χ3n) is 4.25. The van der Waals surface area contributed by atoms with Crippen LogP contribution >= 0.6 is 22.9 Å². The summed E-state index contributed by atoms with van der Waals surface area (Å²) in [5.41, 5.74) is 1.49. The van der Waals surface area contributed by atoms with Gasteiger partial charge >= 0.3 is 0 Å². The zero-order valence-corrected chi connectivity index (χ0v) is 11.7. The monoisotopic (exact) mass is 269 g/mol. The summed E-state index contributed by atoms with van der Waals surface area (Å²) in [6, 6.07) is 2.75. The highest BCUT2D eigenvalue weighted by atomic mass is 35.5. The Morgan fingerprint density at radius 1 is 1.29 bits per heavy atom. The van der Waals surface area contributed by atoms with Crippen LogP contribution in [0.4, 0.5) is 0 Å². The van der Waals surface area contributed by atoms with Gasteiger partial charge in [0.1, 0.15) is 0 Å². The average molecular weight is 270 g/mol. The second-order valence-corrected chi connectivity index (χ2v) is 7.18. The van der Waals surface area contributed by atoms with Crippen LogP contribution in [0.3, 0.4) is 0 Å². The first kappa shape index (κ1) is 12.0. The average Bonchev–Trinajstić information content (AvgIpc) is 2.62. The van der Waals surface area contributed by atoms with Crippen LogP contribution in [-0.4, -0.2) is 6.54 Å². The van der Waals surface area contributed by atoms with Gasteiger partial charge < -0.3 is 5.32 Å². The molecule has 0 bridgehead atoms. The molecule has 2 aliphatic carbocycles. The van der Waals surface area contributed by atoms with E-state index < -0.39 is 0 Å². The van der Waals surface area contributed by atoms with E-state index in [9.17, 15) is 0 Å². The molecule has 1 unspecified atom stereocenters. The molecular weight excluding hydrogens is 250 g/mol. The second kappa shape index (κ2) is 5.29. The SMILES string of the molecule is Clc1cc2c(s1)CCCC2NCCC1CCC1. The highest BCUT2D eigenvalue weighted by Gasteiger charge is 2.23. The van der Waals surface area contributed by atoms with Crippen molar-refractivity contribution in [2.24, 2.45) is 5.92 Å². The molecule has 3 rings (SSSR count). The molecule has 0 amide bonds. The summed E-state index contributed by atoms with van der Waals surface area (Å²) in [6.07, 6.45) is 9.56. The molecule has 94 valence electrons. The quantitative estimate of drug-likeness (QED) is 0.845. The van der Waals surface area contributed by atoms with Crippen molar-refractivity contribution in [3.8, 4) is 0 Å². The molecule has 1 atom stereocenters. The number of hydrogen-bond donors (Lipinski definition) is 1. The fourth-order valence-corrected chi connectivity index (χ4v) is 4.36. The molecule has 1 fully saturated rings. The van der Waals surface area contributed by atoms with Crippen LogP contribution in [0.1, 0.15) is 55.0 Å². The van der Waals surface area contributed by atoms with Crippen molar-refractivity contribution in [3.63, 3.8) is 0 Å². The standard InChI is InChI=1S/C14H20ClNS/c15-14-9-11-12(5-2-6-13(11)17-14)16-8-7-10-3-1-4-10/h9-10,12,16H,1-8H2. The largest absolute Gasteiger partial charge is 0.310 e. The third kappa shape index (κ3) is 2.69. The molecule has 17 heavy (non-hydrogen) atoms. The number of hydrogen-bond acceptors (Lipinski definition) is 2. The Hall–Kier alpha value is -0.0500. The molecule has 3 heteroatoms. The molecule has 1 N–H and O–H groups in total. The summed E-state index contributed by atoms with van der Waals surface area (Å²) in [5, 5.41) is 3.74. The smallest absolute Gasteiger partial charge is 0.0934 e. The van der Waals surface area contributed by atoms with Gasteiger partial charge in [-0.3, -0.25) is 0 Å². The minimum atomic E-state index is 0.572. The van der Waals surface area contributed by atoms with E-state index in [2.05, 4.69) is 11.4 Å². The van der Waals surface area contributed by atoms with Gasteiger partial charge in [-0.25, -0.2) is 0 Å². The molecule has 0 saturated heterocycles. The predicted molar refractivity (Wildman–Crippen MR) is 75.0 cm³/mol. The molecule has 1 heterocycles. The van der Waals surface area contributed by atoms with Gasteiger partial charge in [-0.2, -0.15) is 0 Å². The lowest BCUT2D eigenvalue weighted by Crippen LogP contribution is -2.27. The topological polar surface area (TPSA) is 12.0 Å². The van der Waals surface area contributed by atoms with Crippen LogP contribution in [0.15, 0.2) is 6.07 Å². The van der Waals surface area contributed by atoms with Gasteiger partial charge in [-0.05, 0) is 49.8 Å². The van der Waals surface area contributed by atoms with Crippen LogP contribution < -0.4 is 5.32 Å². The molecule has 1 aromatic rings. The van der Waals surface area contributed by atoms with Crippen LogP contribution in [0.5, 0.6) is 0 Å². The molecule has 2 aliphatic rings. The van der Waals surface area contributed by atoms with Gasteiger partial charge in [0, 0.05) is 10.9 Å². The lowest BCUT2D eigenvalue weighted by atomic mass is 9.83. The third-order valence-corrected chi connectivity index (χ3v) is 5.59. The molecule has 1 saturated carbocycles. The number of thiophene rings is 1. The fourth-order valence-electron chi connectivity index (χ4n) is 2.98. The van der Waals surface area contributed by atoms with Gasteiger partial charge in [-0.1, -0.05) is 30.9 Å². The van der Waals surface area contributed by atoms with Gasteiger partial charge in [0.2, 0.25) is 0 Å². The number of aryl methyl sites for hydroxylation is 1. The van der Waals surface area contributed by atoms with E-state index in [1.807, 2.05) is 0 Å². The summed E-state index contributed by atoms with van der Waals surface area (Å²) in [6.45, 7) is 1.18. The van der Waals surface area contributed by atoms with Gasteiger partial charge in [0.15, 0.2) is 0 Å². The second-order valence-electron chi connectivity index (χ2n) is 5.41. The Bertz CT molecular complexity index is 384. The summed E-state index contributed by atoms with van der Waals surface area (Å²) in [7, 11) is 0. The normalized spacial score (nSPS) is 24.4. The van der Waals surface area contributed by atoms with Crippen molar-refractivity contribution in [1.29, 1.82) is 0 Å². The summed E-state index contributed by atoms with van der Waals surface area (Å²) in [4.78, 5) is 1.52. The van der Waals surface area contributed by atoms with E-state index in [1.54, 1.807) is 11.3 Å². The number of rotatable bonds is 4. The summed E-state index contributed by atoms with van der Waals surface area (Å²) < 4.78 is 0.961. The van der Waals surface area contributed by atoms with Gasteiger partial charge in [0.25, 0.3) is 0 Å². The predicted octanol–water partition coefficient (Wildman–Crippen LogP) is 4.56. The Morgan fingerprint density at radius 2 is 2.18 bits per heavy atom. The van der Waals surface area contributed by atoms with E-state index in [4.69, 9.17) is 11.6 Å². The van der Waals surface area contributed by atoms with Crippen molar-refractivity contribution in [2.75, 3.05) is 6.54 Å². The first-order valence-electron chi connectivity index (χ1n) is 6.84.